The second kappa shape index (κ2) is 8.47. The first-order valence-electron chi connectivity index (χ1n) is 7.04. The van der Waals surface area contributed by atoms with E-state index < -0.39 is 6.04 Å². The maximum Gasteiger partial charge on any atom is 0.253 e. The highest BCUT2D eigenvalue weighted by molar-refractivity contribution is 9.11. The number of nitrogens with one attached hydrogen (secondary N) is 2. The first kappa shape index (κ1) is 18.0. The Balaban J connectivity index is 1.80. The van der Waals surface area contributed by atoms with Crippen molar-refractivity contribution >= 4 is 50.7 Å². The minimum Gasteiger partial charge on any atom is -0.354 e. The Morgan fingerprint density at radius 1 is 1.26 bits per heavy atom. The van der Waals surface area contributed by atoms with Crippen LogP contribution in [0.4, 0.5) is 0 Å². The van der Waals surface area contributed by atoms with Crippen molar-refractivity contribution in [3.63, 3.8) is 0 Å². The van der Waals surface area contributed by atoms with Gasteiger partial charge in [0.05, 0.1) is 14.4 Å². The van der Waals surface area contributed by atoms with E-state index in [2.05, 4.69) is 26.6 Å². The number of thiophene rings is 1. The molecule has 1 heterocycles. The molecule has 2 N–H and O–H groups in total. The molecule has 1 aromatic heterocycles. The van der Waals surface area contributed by atoms with Crippen molar-refractivity contribution in [3.05, 3.63) is 55.6 Å². The molecule has 0 saturated carbocycles. The van der Waals surface area contributed by atoms with Gasteiger partial charge in [-0.15, -0.1) is 11.3 Å². The summed E-state index contributed by atoms with van der Waals surface area (Å²) in [4.78, 5) is 25.3. The highest BCUT2D eigenvalue weighted by atomic mass is 79.9. The Kier molecular flexibility index (Phi) is 6.62. The van der Waals surface area contributed by atoms with Gasteiger partial charge in [0.25, 0.3) is 5.91 Å². The Bertz CT molecular complexity index is 705. The lowest BCUT2D eigenvalue weighted by molar-refractivity contribution is -0.122. The molecule has 0 radical (unpaired) electrons. The van der Waals surface area contributed by atoms with E-state index in [-0.39, 0.29) is 11.8 Å². The molecule has 2 amide bonds. The van der Waals surface area contributed by atoms with Crippen molar-refractivity contribution in [2.45, 2.75) is 19.4 Å². The summed E-state index contributed by atoms with van der Waals surface area (Å²) in [7, 11) is 0. The molecule has 7 heteroatoms. The molecule has 0 aliphatic heterocycles. The van der Waals surface area contributed by atoms with Gasteiger partial charge in [-0.1, -0.05) is 23.7 Å². The van der Waals surface area contributed by atoms with Crippen LogP contribution >= 0.6 is 38.9 Å². The van der Waals surface area contributed by atoms with Gasteiger partial charge >= 0.3 is 0 Å². The molecule has 0 fully saturated rings. The molecule has 0 aliphatic carbocycles. The lowest BCUT2D eigenvalue weighted by Crippen LogP contribution is -2.45. The molecule has 0 saturated heterocycles. The number of rotatable bonds is 6. The van der Waals surface area contributed by atoms with Crippen molar-refractivity contribution < 1.29 is 9.59 Å². The van der Waals surface area contributed by atoms with Crippen LogP contribution in [0.5, 0.6) is 0 Å². The molecule has 2 rings (SSSR count). The van der Waals surface area contributed by atoms with Crippen molar-refractivity contribution in [2.75, 3.05) is 6.54 Å². The molecule has 122 valence electrons. The molecular formula is C16H16BrClN2O2S. The van der Waals surface area contributed by atoms with Gasteiger partial charge < -0.3 is 10.6 Å². The van der Waals surface area contributed by atoms with Gasteiger partial charge in [-0.3, -0.25) is 9.59 Å². The predicted octanol–water partition coefficient (Wildman–Crippen LogP) is 3.64. The number of carbonyl (C=O) groups excluding carboxylic acids is 2. The average Bonchev–Trinajstić information content (AvgIpc) is 2.92. The van der Waals surface area contributed by atoms with E-state index >= 15 is 0 Å². The fourth-order valence-corrected chi connectivity index (χ4v) is 3.64. The molecule has 4 nitrogen and oxygen atoms in total. The second-order valence-corrected chi connectivity index (χ2v) is 7.88. The minimum absolute atomic E-state index is 0.221. The summed E-state index contributed by atoms with van der Waals surface area (Å²) in [5.41, 5.74) is 0.359. The molecule has 2 aromatic rings. The maximum absolute atomic E-state index is 12.1. The van der Waals surface area contributed by atoms with Crippen LogP contribution in [0.15, 0.2) is 40.2 Å². The van der Waals surface area contributed by atoms with Crippen LogP contribution in [0.3, 0.4) is 0 Å². The zero-order valence-electron chi connectivity index (χ0n) is 12.4. The quantitative estimate of drug-likeness (QED) is 0.757. The van der Waals surface area contributed by atoms with E-state index in [1.165, 1.54) is 4.88 Å². The van der Waals surface area contributed by atoms with Crippen LogP contribution < -0.4 is 10.6 Å². The summed E-state index contributed by atoms with van der Waals surface area (Å²) in [5.74, 6) is -0.582. The number of amides is 2. The number of hydrogen-bond donors (Lipinski definition) is 2. The molecular weight excluding hydrogens is 400 g/mol. The van der Waals surface area contributed by atoms with Gasteiger partial charge in [0.1, 0.15) is 6.04 Å². The Hall–Kier alpha value is -1.37. The van der Waals surface area contributed by atoms with Gasteiger partial charge in [0.15, 0.2) is 0 Å². The summed E-state index contributed by atoms with van der Waals surface area (Å²) in [5, 5.41) is 5.83. The van der Waals surface area contributed by atoms with Crippen LogP contribution in [-0.4, -0.2) is 24.4 Å². The Labute approximate surface area is 152 Å². The summed E-state index contributed by atoms with van der Waals surface area (Å²) >= 11 is 11.0. The van der Waals surface area contributed by atoms with E-state index in [9.17, 15) is 9.59 Å². The first-order chi connectivity index (χ1) is 11.0. The zero-order chi connectivity index (χ0) is 16.8. The van der Waals surface area contributed by atoms with Gasteiger partial charge in [0.2, 0.25) is 5.91 Å². The van der Waals surface area contributed by atoms with Gasteiger partial charge in [0, 0.05) is 11.4 Å². The topological polar surface area (TPSA) is 58.2 Å². The van der Waals surface area contributed by atoms with E-state index in [4.69, 9.17) is 11.6 Å². The number of hydrogen-bond acceptors (Lipinski definition) is 3. The van der Waals surface area contributed by atoms with Crippen LogP contribution in [0, 0.1) is 0 Å². The van der Waals surface area contributed by atoms with Crippen molar-refractivity contribution in [1.29, 1.82) is 0 Å². The highest BCUT2D eigenvalue weighted by Crippen LogP contribution is 2.22. The molecule has 1 atom stereocenters. The molecule has 23 heavy (non-hydrogen) atoms. The lowest BCUT2D eigenvalue weighted by atomic mass is 10.2. The summed E-state index contributed by atoms with van der Waals surface area (Å²) in [6, 6.07) is 10.1. The number of benzene rings is 1. The van der Waals surface area contributed by atoms with Crippen molar-refractivity contribution in [2.24, 2.45) is 0 Å². The Morgan fingerprint density at radius 2 is 2.00 bits per heavy atom. The largest absolute Gasteiger partial charge is 0.354 e. The zero-order valence-corrected chi connectivity index (χ0v) is 15.6. The monoisotopic (exact) mass is 414 g/mol. The van der Waals surface area contributed by atoms with Crippen LogP contribution in [-0.2, 0) is 11.2 Å². The fraction of sp³-hybridized carbons (Fsp3) is 0.250. The second-order valence-electron chi connectivity index (χ2n) is 4.92. The van der Waals surface area contributed by atoms with Crippen LogP contribution in [0.1, 0.15) is 22.2 Å². The highest BCUT2D eigenvalue weighted by Gasteiger charge is 2.17. The van der Waals surface area contributed by atoms with Gasteiger partial charge in [-0.25, -0.2) is 0 Å². The molecule has 1 unspecified atom stereocenters. The summed E-state index contributed by atoms with van der Waals surface area (Å²) in [6.07, 6.45) is 0.757. The average molecular weight is 416 g/mol. The van der Waals surface area contributed by atoms with Crippen molar-refractivity contribution in [1.82, 2.24) is 10.6 Å². The van der Waals surface area contributed by atoms with Crippen LogP contribution in [0.25, 0.3) is 0 Å². The number of carbonyl (C=O) groups is 2. The third kappa shape index (κ3) is 5.34. The van der Waals surface area contributed by atoms with Gasteiger partial charge in [-0.05, 0) is 53.5 Å². The standard InChI is InChI=1S/C16H16BrClN2O2S/c1-10(20-16(22)12-4-2-3-5-13(12)18)15(21)19-9-8-11-6-7-14(17)23-11/h2-7,10H,8-9H2,1H3,(H,19,21)(H,20,22). The van der Waals surface area contributed by atoms with E-state index in [0.717, 1.165) is 10.2 Å². The third-order valence-corrected chi connectivity index (χ3v) is 5.17. The van der Waals surface area contributed by atoms with E-state index in [1.54, 1.807) is 42.5 Å². The Morgan fingerprint density at radius 3 is 2.65 bits per heavy atom. The molecule has 0 bridgehead atoms. The van der Waals surface area contributed by atoms with E-state index in [0.29, 0.717) is 17.1 Å². The normalized spacial score (nSPS) is 11.8. The maximum atomic E-state index is 12.1. The molecule has 0 spiro atoms. The minimum atomic E-state index is -0.631. The predicted molar refractivity (Wildman–Crippen MR) is 97.1 cm³/mol. The van der Waals surface area contributed by atoms with Crippen LogP contribution in [0.2, 0.25) is 5.02 Å². The smallest absolute Gasteiger partial charge is 0.253 e. The molecule has 1 aromatic carbocycles. The van der Waals surface area contributed by atoms with E-state index in [1.807, 2.05) is 12.1 Å². The third-order valence-electron chi connectivity index (χ3n) is 3.16. The fourth-order valence-electron chi connectivity index (χ4n) is 1.93. The summed E-state index contributed by atoms with van der Waals surface area (Å²) in [6.45, 7) is 2.17. The van der Waals surface area contributed by atoms with Gasteiger partial charge in [-0.2, -0.15) is 0 Å². The molecule has 0 aliphatic rings. The lowest BCUT2D eigenvalue weighted by Gasteiger charge is -2.14. The first-order valence-corrected chi connectivity index (χ1v) is 9.03. The number of halogens is 2. The van der Waals surface area contributed by atoms with Crippen molar-refractivity contribution in [3.8, 4) is 0 Å². The SMILES string of the molecule is CC(NC(=O)c1ccccc1Cl)C(=O)NCCc1ccc(Br)s1. The summed E-state index contributed by atoms with van der Waals surface area (Å²) < 4.78 is 1.07.